The number of anilines is 1. The Hall–Kier alpha value is -3.54. The van der Waals surface area contributed by atoms with Gasteiger partial charge >= 0.3 is 0 Å². The number of halogens is 1. The first-order valence-corrected chi connectivity index (χ1v) is 13.3. The van der Waals surface area contributed by atoms with Crippen molar-refractivity contribution in [2.45, 2.75) is 43.5 Å². The van der Waals surface area contributed by atoms with Crippen molar-refractivity contribution in [3.63, 3.8) is 0 Å². The number of aromatic amines is 1. The van der Waals surface area contributed by atoms with Crippen LogP contribution in [0.1, 0.15) is 44.3 Å². The van der Waals surface area contributed by atoms with E-state index in [0.29, 0.717) is 17.0 Å². The van der Waals surface area contributed by atoms with Gasteiger partial charge < -0.3 is 9.64 Å². The van der Waals surface area contributed by atoms with Gasteiger partial charge in [0.25, 0.3) is 0 Å². The second kappa shape index (κ2) is 8.91. The Balaban J connectivity index is 1.37. The normalized spacial score (nSPS) is 15.3. The predicted octanol–water partition coefficient (Wildman–Crippen LogP) is 3.85. The minimum absolute atomic E-state index is 0.0915. The van der Waals surface area contributed by atoms with Crippen LogP contribution in [0.2, 0.25) is 0 Å². The molecule has 0 amide bonds. The zero-order chi connectivity index (χ0) is 24.7. The summed E-state index contributed by atoms with van der Waals surface area (Å²) in [5.74, 6) is 0.834. The molecule has 1 fully saturated rings. The third-order valence-corrected chi connectivity index (χ3v) is 7.33. The molecule has 0 saturated carbocycles. The number of ether oxygens (including phenoxy) is 1. The van der Waals surface area contributed by atoms with Crippen LogP contribution >= 0.6 is 0 Å². The fourth-order valence-corrected chi connectivity index (χ4v) is 4.99. The smallest absolute Gasteiger partial charge is 0.249 e. The fraction of sp³-hybridized carbons (Fsp3) is 0.391. The van der Waals surface area contributed by atoms with E-state index in [2.05, 4.69) is 50.1 Å². The first kappa shape index (κ1) is 23.2. The summed E-state index contributed by atoms with van der Waals surface area (Å²) >= 11 is 0. The first-order valence-electron chi connectivity index (χ1n) is 11.4. The van der Waals surface area contributed by atoms with Gasteiger partial charge in [-0.15, -0.1) is 5.10 Å². The lowest BCUT2D eigenvalue weighted by molar-refractivity contribution is 0.359. The molecule has 0 atom stereocenters. The maximum Gasteiger partial charge on any atom is 0.249 e. The summed E-state index contributed by atoms with van der Waals surface area (Å²) in [5, 5.41) is 12.8. The Kier molecular flexibility index (Phi) is 5.91. The standard InChI is InChI=1S/C23H26FN7O3S/c1-14(2)19-11-21(28-27-19)30-8-6-15(7-9-30)31-22-17(12-25-13-26-22)23(29-31)34-16-4-5-20(18(24)10-16)35(3,32)33/h4-5,10-15H,6-9H2,1-3H3,(H,27,28). The van der Waals surface area contributed by atoms with Gasteiger partial charge in [-0.05, 0) is 30.9 Å². The van der Waals surface area contributed by atoms with Gasteiger partial charge in [0.1, 0.15) is 28.2 Å². The molecule has 4 heterocycles. The summed E-state index contributed by atoms with van der Waals surface area (Å²) in [6.07, 6.45) is 5.69. The highest BCUT2D eigenvalue weighted by atomic mass is 32.2. The van der Waals surface area contributed by atoms with Crippen molar-refractivity contribution in [1.82, 2.24) is 29.9 Å². The molecule has 0 bridgehead atoms. The summed E-state index contributed by atoms with van der Waals surface area (Å²) in [4.78, 5) is 10.4. The maximum atomic E-state index is 14.4. The van der Waals surface area contributed by atoms with Crippen molar-refractivity contribution >= 4 is 26.7 Å². The van der Waals surface area contributed by atoms with Crippen molar-refractivity contribution in [1.29, 1.82) is 0 Å². The quantitative estimate of drug-likeness (QED) is 0.425. The molecular weight excluding hydrogens is 473 g/mol. The lowest BCUT2D eigenvalue weighted by Crippen LogP contribution is -2.35. The third-order valence-electron chi connectivity index (χ3n) is 6.20. The van der Waals surface area contributed by atoms with E-state index >= 15 is 0 Å². The lowest BCUT2D eigenvalue weighted by Gasteiger charge is -2.32. The third kappa shape index (κ3) is 4.57. The number of aromatic nitrogens is 6. The van der Waals surface area contributed by atoms with Gasteiger partial charge in [0.2, 0.25) is 5.88 Å². The number of rotatable bonds is 6. The molecular formula is C23H26FN7O3S. The molecule has 5 rings (SSSR count). The lowest BCUT2D eigenvalue weighted by atomic mass is 10.1. The van der Waals surface area contributed by atoms with Crippen LogP contribution in [0.4, 0.5) is 10.2 Å². The van der Waals surface area contributed by atoms with Gasteiger partial charge in [-0.1, -0.05) is 13.8 Å². The van der Waals surface area contributed by atoms with Gasteiger partial charge in [0.05, 0.1) is 6.04 Å². The first-order chi connectivity index (χ1) is 16.7. The van der Waals surface area contributed by atoms with Crippen LogP contribution in [0, 0.1) is 5.82 Å². The molecule has 4 aromatic rings. The predicted molar refractivity (Wildman–Crippen MR) is 128 cm³/mol. The molecule has 1 saturated heterocycles. The number of sulfone groups is 1. The van der Waals surface area contributed by atoms with Crippen LogP contribution in [0.15, 0.2) is 41.7 Å². The molecule has 10 nitrogen and oxygen atoms in total. The Morgan fingerprint density at radius 3 is 2.63 bits per heavy atom. The number of hydrogen-bond donors (Lipinski definition) is 1. The molecule has 12 heteroatoms. The van der Waals surface area contributed by atoms with Gasteiger partial charge in [0.15, 0.2) is 21.3 Å². The summed E-state index contributed by atoms with van der Waals surface area (Å²) in [5.41, 5.74) is 1.74. The van der Waals surface area contributed by atoms with Crippen LogP contribution in [0.3, 0.4) is 0 Å². The van der Waals surface area contributed by atoms with Crippen LogP contribution in [-0.2, 0) is 9.84 Å². The second-order valence-corrected chi connectivity index (χ2v) is 11.0. The van der Waals surface area contributed by atoms with Crippen molar-refractivity contribution in [3.05, 3.63) is 48.3 Å². The monoisotopic (exact) mass is 499 g/mol. The van der Waals surface area contributed by atoms with E-state index in [4.69, 9.17) is 4.74 Å². The topological polar surface area (TPSA) is 119 Å². The molecule has 3 aromatic heterocycles. The van der Waals surface area contributed by atoms with E-state index in [1.165, 1.54) is 18.5 Å². The van der Waals surface area contributed by atoms with Crippen LogP contribution in [-0.4, -0.2) is 57.7 Å². The molecule has 1 aromatic carbocycles. The summed E-state index contributed by atoms with van der Waals surface area (Å²) in [6.45, 7) is 5.88. The fourth-order valence-electron chi connectivity index (χ4n) is 4.27. The van der Waals surface area contributed by atoms with Crippen LogP contribution < -0.4 is 9.64 Å². The van der Waals surface area contributed by atoms with E-state index in [1.54, 1.807) is 6.20 Å². The number of benzene rings is 1. The number of fused-ring (bicyclic) bond motifs is 1. The second-order valence-electron chi connectivity index (χ2n) is 9.03. The number of H-pyrrole nitrogens is 1. The number of hydrogen-bond acceptors (Lipinski definition) is 8. The minimum atomic E-state index is -3.68. The van der Waals surface area contributed by atoms with Crippen molar-refractivity contribution in [2.24, 2.45) is 0 Å². The highest BCUT2D eigenvalue weighted by Gasteiger charge is 2.26. The van der Waals surface area contributed by atoms with Crippen molar-refractivity contribution in [2.75, 3.05) is 24.2 Å². The zero-order valence-electron chi connectivity index (χ0n) is 19.6. The number of nitrogens with zero attached hydrogens (tertiary/aromatic N) is 6. The van der Waals surface area contributed by atoms with E-state index < -0.39 is 15.7 Å². The molecule has 35 heavy (non-hydrogen) atoms. The summed E-state index contributed by atoms with van der Waals surface area (Å²) in [7, 11) is -3.68. The maximum absolute atomic E-state index is 14.4. The average molecular weight is 500 g/mol. The largest absolute Gasteiger partial charge is 0.437 e. The minimum Gasteiger partial charge on any atom is -0.437 e. The van der Waals surface area contributed by atoms with E-state index in [1.807, 2.05) is 4.68 Å². The van der Waals surface area contributed by atoms with Crippen molar-refractivity contribution in [3.8, 4) is 11.6 Å². The van der Waals surface area contributed by atoms with Crippen LogP contribution in [0.5, 0.6) is 11.6 Å². The highest BCUT2D eigenvalue weighted by Crippen LogP contribution is 2.34. The summed E-state index contributed by atoms with van der Waals surface area (Å²) < 4.78 is 45.5. The Morgan fingerprint density at radius 1 is 1.20 bits per heavy atom. The van der Waals surface area contributed by atoms with E-state index in [-0.39, 0.29) is 22.6 Å². The SMILES string of the molecule is CC(C)c1cc(N2CCC(n3nc(Oc4ccc(S(C)(=O)=O)c(F)c4)c4cncnc43)CC2)n[nH]1. The van der Waals surface area contributed by atoms with E-state index in [9.17, 15) is 12.8 Å². The number of piperidine rings is 1. The molecule has 0 aliphatic carbocycles. The molecule has 0 radical (unpaired) electrons. The zero-order valence-corrected chi connectivity index (χ0v) is 20.5. The Bertz CT molecular complexity index is 1470. The molecule has 1 aliphatic heterocycles. The molecule has 184 valence electrons. The van der Waals surface area contributed by atoms with Crippen molar-refractivity contribution < 1.29 is 17.5 Å². The Labute approximate surface area is 202 Å². The van der Waals surface area contributed by atoms with Gasteiger partial charge in [0, 0.05) is 43.4 Å². The summed E-state index contributed by atoms with van der Waals surface area (Å²) in [6, 6.07) is 5.82. The van der Waals surface area contributed by atoms with Gasteiger partial charge in [-0.25, -0.2) is 27.5 Å². The molecule has 0 spiro atoms. The van der Waals surface area contributed by atoms with Gasteiger partial charge in [-0.3, -0.25) is 5.10 Å². The average Bonchev–Trinajstić information content (AvgIpc) is 3.45. The van der Waals surface area contributed by atoms with E-state index in [0.717, 1.165) is 49.8 Å². The molecule has 1 aliphatic rings. The molecule has 0 unspecified atom stereocenters. The Morgan fingerprint density at radius 2 is 1.97 bits per heavy atom. The molecule has 1 N–H and O–H groups in total. The van der Waals surface area contributed by atoms with Crippen LogP contribution in [0.25, 0.3) is 11.0 Å². The number of nitrogens with one attached hydrogen (secondary N) is 1. The highest BCUT2D eigenvalue weighted by molar-refractivity contribution is 7.90. The van der Waals surface area contributed by atoms with Gasteiger partial charge in [-0.2, -0.15) is 5.10 Å².